The Kier molecular flexibility index (Phi) is 4.64. The van der Waals surface area contributed by atoms with Crippen LogP contribution in [0.25, 0.3) is 0 Å². The van der Waals surface area contributed by atoms with Gasteiger partial charge in [0.1, 0.15) is 0 Å². The highest BCUT2D eigenvalue weighted by Crippen LogP contribution is 2.43. The molecule has 0 saturated heterocycles. The van der Waals surface area contributed by atoms with Crippen LogP contribution in [0.2, 0.25) is 0 Å². The molecule has 0 amide bonds. The molecule has 1 aliphatic carbocycles. The molecule has 0 aromatic carbocycles. The van der Waals surface area contributed by atoms with Crippen molar-refractivity contribution in [2.45, 2.75) is 65.7 Å². The van der Waals surface area contributed by atoms with Crippen molar-refractivity contribution in [3.8, 4) is 6.07 Å². The normalized spacial score (nSPS) is 31.5. The van der Waals surface area contributed by atoms with Gasteiger partial charge < -0.3 is 0 Å². The third-order valence-corrected chi connectivity index (χ3v) is 4.08. The summed E-state index contributed by atoms with van der Waals surface area (Å²) in [5.41, 5.74) is 0.0376. The van der Waals surface area contributed by atoms with Gasteiger partial charge in [-0.25, -0.2) is 0 Å². The van der Waals surface area contributed by atoms with Crippen LogP contribution in [0.5, 0.6) is 0 Å². The van der Waals surface area contributed by atoms with E-state index in [4.69, 9.17) is 0 Å². The lowest BCUT2D eigenvalue weighted by Crippen LogP contribution is -2.26. The van der Waals surface area contributed by atoms with Gasteiger partial charge in [0, 0.05) is 0 Å². The topological polar surface area (TPSA) is 23.8 Å². The summed E-state index contributed by atoms with van der Waals surface area (Å²) in [7, 11) is 0. The van der Waals surface area contributed by atoms with Crippen LogP contribution < -0.4 is 0 Å². The van der Waals surface area contributed by atoms with Gasteiger partial charge in [0.15, 0.2) is 0 Å². The lowest BCUT2D eigenvalue weighted by Gasteiger charge is -2.35. The molecular weight excluding hydrogens is 182 g/mol. The maximum atomic E-state index is 9.36. The third-order valence-electron chi connectivity index (χ3n) is 4.08. The summed E-state index contributed by atoms with van der Waals surface area (Å²) in [5, 5.41) is 9.36. The van der Waals surface area contributed by atoms with Crippen LogP contribution >= 0.6 is 0 Å². The average Bonchev–Trinajstić information content (AvgIpc) is 2.27. The van der Waals surface area contributed by atoms with Crippen molar-refractivity contribution in [1.82, 2.24) is 0 Å². The van der Waals surface area contributed by atoms with Crippen molar-refractivity contribution in [2.24, 2.45) is 17.3 Å². The smallest absolute Gasteiger partial charge is 0.0689 e. The highest BCUT2D eigenvalue weighted by molar-refractivity contribution is 5.01. The first-order chi connectivity index (χ1) is 7.12. The fourth-order valence-electron chi connectivity index (χ4n) is 2.62. The molecule has 1 rings (SSSR count). The Morgan fingerprint density at radius 1 is 1.33 bits per heavy atom. The van der Waals surface area contributed by atoms with Gasteiger partial charge in [0.2, 0.25) is 0 Å². The number of nitriles is 1. The van der Waals surface area contributed by atoms with Crippen LogP contribution in [0, 0.1) is 28.6 Å². The number of hydrogen-bond acceptors (Lipinski definition) is 1. The van der Waals surface area contributed by atoms with Gasteiger partial charge in [-0.3, -0.25) is 0 Å². The average molecular weight is 207 g/mol. The minimum Gasteiger partial charge on any atom is -0.198 e. The zero-order chi connectivity index (χ0) is 11.3. The molecular formula is C14H25N. The standard InChI is InChI=1S/C14H25N/c1-4-13-6-9-14(11-15,10-7-13)8-5-12(2)3/h12-13H,4-10H2,1-3H3. The van der Waals surface area contributed by atoms with Gasteiger partial charge in [-0.1, -0.05) is 27.2 Å². The highest BCUT2D eigenvalue weighted by Gasteiger charge is 2.34. The molecule has 0 bridgehead atoms. The molecule has 0 atom stereocenters. The third kappa shape index (κ3) is 3.52. The Morgan fingerprint density at radius 2 is 1.93 bits per heavy atom. The van der Waals surface area contributed by atoms with Gasteiger partial charge in [-0.05, 0) is 50.4 Å². The number of hydrogen-bond donors (Lipinski definition) is 0. The number of rotatable bonds is 4. The Hall–Kier alpha value is -0.510. The summed E-state index contributed by atoms with van der Waals surface area (Å²) in [5.74, 6) is 1.63. The summed E-state index contributed by atoms with van der Waals surface area (Å²) in [4.78, 5) is 0. The van der Waals surface area contributed by atoms with Gasteiger partial charge in [-0.15, -0.1) is 0 Å². The first-order valence-corrected chi connectivity index (χ1v) is 6.53. The quantitative estimate of drug-likeness (QED) is 0.664. The molecule has 0 aliphatic heterocycles. The van der Waals surface area contributed by atoms with Crippen molar-refractivity contribution >= 4 is 0 Å². The molecule has 1 aliphatic rings. The van der Waals surface area contributed by atoms with E-state index >= 15 is 0 Å². The lowest BCUT2D eigenvalue weighted by atomic mass is 9.68. The summed E-state index contributed by atoms with van der Waals surface area (Å²) in [6, 6.07) is 2.62. The van der Waals surface area contributed by atoms with Crippen LogP contribution in [0.4, 0.5) is 0 Å². The SMILES string of the molecule is CCC1CCC(C#N)(CCC(C)C)CC1. The minimum atomic E-state index is 0.0376. The second-order valence-corrected chi connectivity index (χ2v) is 5.68. The predicted octanol–water partition coefficient (Wildman–Crippen LogP) is 4.53. The van der Waals surface area contributed by atoms with Crippen LogP contribution in [-0.4, -0.2) is 0 Å². The van der Waals surface area contributed by atoms with Crippen molar-refractivity contribution in [3.63, 3.8) is 0 Å². The largest absolute Gasteiger partial charge is 0.198 e. The molecule has 0 N–H and O–H groups in total. The molecule has 0 aromatic heterocycles. The van der Waals surface area contributed by atoms with E-state index in [0.717, 1.165) is 31.1 Å². The Morgan fingerprint density at radius 3 is 2.33 bits per heavy atom. The molecule has 0 radical (unpaired) electrons. The molecule has 1 nitrogen and oxygen atoms in total. The van der Waals surface area contributed by atoms with E-state index in [1.807, 2.05) is 0 Å². The molecule has 1 fully saturated rings. The molecule has 15 heavy (non-hydrogen) atoms. The van der Waals surface area contributed by atoms with E-state index < -0.39 is 0 Å². The second kappa shape index (κ2) is 5.54. The molecule has 0 aromatic rings. The molecule has 0 unspecified atom stereocenters. The second-order valence-electron chi connectivity index (χ2n) is 5.68. The molecule has 0 spiro atoms. The van der Waals surface area contributed by atoms with E-state index in [9.17, 15) is 5.26 Å². The first kappa shape index (κ1) is 12.6. The van der Waals surface area contributed by atoms with Crippen molar-refractivity contribution in [3.05, 3.63) is 0 Å². The first-order valence-electron chi connectivity index (χ1n) is 6.53. The zero-order valence-electron chi connectivity index (χ0n) is 10.6. The maximum Gasteiger partial charge on any atom is 0.0689 e. The monoisotopic (exact) mass is 207 g/mol. The maximum absolute atomic E-state index is 9.36. The van der Waals surface area contributed by atoms with Crippen LogP contribution in [0.3, 0.4) is 0 Å². The van der Waals surface area contributed by atoms with E-state index in [1.165, 1.54) is 25.7 Å². The van der Waals surface area contributed by atoms with Crippen molar-refractivity contribution in [2.75, 3.05) is 0 Å². The fourth-order valence-corrected chi connectivity index (χ4v) is 2.62. The molecule has 1 saturated carbocycles. The molecule has 1 heteroatoms. The molecule has 86 valence electrons. The lowest BCUT2D eigenvalue weighted by molar-refractivity contribution is 0.184. The summed E-state index contributed by atoms with van der Waals surface area (Å²) in [6.07, 6.45) is 8.49. The van der Waals surface area contributed by atoms with Crippen molar-refractivity contribution < 1.29 is 0 Å². The van der Waals surface area contributed by atoms with Gasteiger partial charge in [0.25, 0.3) is 0 Å². The van der Waals surface area contributed by atoms with Crippen LogP contribution in [0.1, 0.15) is 65.7 Å². The van der Waals surface area contributed by atoms with Crippen molar-refractivity contribution in [1.29, 1.82) is 5.26 Å². The van der Waals surface area contributed by atoms with Crippen LogP contribution in [0.15, 0.2) is 0 Å². The van der Waals surface area contributed by atoms with E-state index in [1.54, 1.807) is 0 Å². The Balaban J connectivity index is 2.46. The number of nitrogens with zero attached hydrogens (tertiary/aromatic N) is 1. The summed E-state index contributed by atoms with van der Waals surface area (Å²) < 4.78 is 0. The van der Waals surface area contributed by atoms with E-state index in [-0.39, 0.29) is 5.41 Å². The fraction of sp³-hybridized carbons (Fsp3) is 0.929. The minimum absolute atomic E-state index is 0.0376. The highest BCUT2D eigenvalue weighted by atomic mass is 14.4. The van der Waals surface area contributed by atoms with Gasteiger partial charge in [0.05, 0.1) is 11.5 Å². The zero-order valence-corrected chi connectivity index (χ0v) is 10.6. The van der Waals surface area contributed by atoms with Crippen LogP contribution in [-0.2, 0) is 0 Å². The Labute approximate surface area is 94.9 Å². The Bertz CT molecular complexity index is 216. The van der Waals surface area contributed by atoms with Gasteiger partial charge >= 0.3 is 0 Å². The predicted molar refractivity (Wildman–Crippen MR) is 64.4 cm³/mol. The van der Waals surface area contributed by atoms with E-state index in [0.29, 0.717) is 0 Å². The van der Waals surface area contributed by atoms with E-state index in [2.05, 4.69) is 26.8 Å². The summed E-state index contributed by atoms with van der Waals surface area (Å²) >= 11 is 0. The molecule has 0 heterocycles. The van der Waals surface area contributed by atoms with Gasteiger partial charge in [-0.2, -0.15) is 5.26 Å². The summed E-state index contributed by atoms with van der Waals surface area (Å²) in [6.45, 7) is 6.78.